The number of rotatable bonds is 7. The van der Waals surface area contributed by atoms with Gasteiger partial charge in [-0.05, 0) is 57.4 Å². The van der Waals surface area contributed by atoms with Crippen LogP contribution in [0.2, 0.25) is 0 Å². The second kappa shape index (κ2) is 7.25. The van der Waals surface area contributed by atoms with E-state index in [9.17, 15) is 5.11 Å². The first-order valence-corrected chi connectivity index (χ1v) is 7.79. The van der Waals surface area contributed by atoms with Crippen LogP contribution >= 0.6 is 0 Å². The maximum Gasteiger partial charge on any atom is 0.118 e. The fraction of sp³-hybridized carbons (Fsp3) is 0.647. The van der Waals surface area contributed by atoms with Gasteiger partial charge in [0, 0.05) is 18.1 Å². The molecule has 0 saturated carbocycles. The van der Waals surface area contributed by atoms with Crippen LogP contribution in [0.25, 0.3) is 0 Å². The number of aliphatic hydroxyl groups is 1. The van der Waals surface area contributed by atoms with Crippen molar-refractivity contribution in [1.29, 1.82) is 0 Å². The summed E-state index contributed by atoms with van der Waals surface area (Å²) in [6.07, 6.45) is 2.84. The average Bonchev–Trinajstić information content (AvgIpc) is 2.99. The van der Waals surface area contributed by atoms with Gasteiger partial charge in [0.25, 0.3) is 0 Å². The quantitative estimate of drug-likeness (QED) is 0.716. The Balaban J connectivity index is 1.82. The van der Waals surface area contributed by atoms with E-state index < -0.39 is 0 Å². The number of hydrogen-bond donors (Lipinski definition) is 3. The molecular weight excluding hydrogens is 264 g/mol. The summed E-state index contributed by atoms with van der Waals surface area (Å²) in [5.74, 6) is 0.882. The molecule has 1 aliphatic heterocycles. The maximum absolute atomic E-state index is 10.2. The molecule has 21 heavy (non-hydrogen) atoms. The van der Waals surface area contributed by atoms with Gasteiger partial charge in [0.15, 0.2) is 0 Å². The highest BCUT2D eigenvalue weighted by Crippen LogP contribution is 2.17. The van der Waals surface area contributed by atoms with Crippen LogP contribution in [0.4, 0.5) is 0 Å². The highest BCUT2D eigenvalue weighted by Gasteiger charge is 2.25. The number of methoxy groups -OCH3 is 1. The van der Waals surface area contributed by atoms with Crippen LogP contribution in [-0.4, -0.2) is 43.0 Å². The summed E-state index contributed by atoms with van der Waals surface area (Å²) in [6, 6.07) is 8.41. The van der Waals surface area contributed by atoms with Gasteiger partial charge < -0.3 is 20.5 Å². The third kappa shape index (κ3) is 4.99. The molecule has 1 aromatic rings. The van der Waals surface area contributed by atoms with Crippen molar-refractivity contribution in [1.82, 2.24) is 10.6 Å². The molecule has 0 bridgehead atoms. The first kappa shape index (κ1) is 16.3. The van der Waals surface area contributed by atoms with E-state index in [4.69, 9.17) is 4.74 Å². The summed E-state index contributed by atoms with van der Waals surface area (Å²) in [5, 5.41) is 17.0. The van der Waals surface area contributed by atoms with E-state index in [1.54, 1.807) is 7.11 Å². The molecule has 1 aliphatic rings. The molecule has 0 aliphatic carbocycles. The van der Waals surface area contributed by atoms with Crippen LogP contribution in [0.15, 0.2) is 24.3 Å². The van der Waals surface area contributed by atoms with Gasteiger partial charge in [-0.15, -0.1) is 0 Å². The van der Waals surface area contributed by atoms with Crippen LogP contribution in [0, 0.1) is 0 Å². The minimum Gasteiger partial charge on any atom is -0.497 e. The molecule has 1 aromatic carbocycles. The van der Waals surface area contributed by atoms with E-state index in [0.29, 0.717) is 6.54 Å². The molecule has 0 amide bonds. The number of β-amino-alcohol motifs (C(OH)–C–C–N with tert-alkyl or cyclic N) is 1. The van der Waals surface area contributed by atoms with Gasteiger partial charge in [-0.2, -0.15) is 0 Å². The number of ether oxygens (including phenoxy) is 1. The molecule has 118 valence electrons. The monoisotopic (exact) mass is 292 g/mol. The Morgan fingerprint density at radius 2 is 2.10 bits per heavy atom. The Labute approximate surface area is 127 Å². The largest absolute Gasteiger partial charge is 0.497 e. The van der Waals surface area contributed by atoms with Crippen molar-refractivity contribution in [2.45, 2.75) is 50.8 Å². The summed E-state index contributed by atoms with van der Waals surface area (Å²) in [5.41, 5.74) is 1.22. The fourth-order valence-corrected chi connectivity index (χ4v) is 2.88. The van der Waals surface area contributed by atoms with Crippen LogP contribution in [0.1, 0.15) is 32.3 Å². The first-order valence-electron chi connectivity index (χ1n) is 7.79. The lowest BCUT2D eigenvalue weighted by Gasteiger charge is -2.29. The second-order valence-corrected chi connectivity index (χ2v) is 6.56. The molecule has 2 unspecified atom stereocenters. The number of nitrogens with one attached hydrogen (secondary N) is 2. The molecule has 1 fully saturated rings. The van der Waals surface area contributed by atoms with Crippen LogP contribution < -0.4 is 15.4 Å². The molecule has 1 heterocycles. The molecule has 1 saturated heterocycles. The van der Waals surface area contributed by atoms with E-state index in [0.717, 1.165) is 31.6 Å². The summed E-state index contributed by atoms with van der Waals surface area (Å²) in [4.78, 5) is 0. The minimum atomic E-state index is -0.317. The maximum atomic E-state index is 10.2. The predicted octanol–water partition coefficient (Wildman–Crippen LogP) is 1.72. The Morgan fingerprint density at radius 3 is 2.67 bits per heavy atom. The molecule has 3 N–H and O–H groups in total. The number of hydrogen-bond acceptors (Lipinski definition) is 4. The van der Waals surface area contributed by atoms with Gasteiger partial charge in [0.2, 0.25) is 0 Å². The van der Waals surface area contributed by atoms with E-state index >= 15 is 0 Å². The van der Waals surface area contributed by atoms with Crippen molar-refractivity contribution in [2.75, 3.05) is 20.2 Å². The highest BCUT2D eigenvalue weighted by atomic mass is 16.5. The standard InChI is InChI=1S/C17H28N2O2/c1-17(2,11-13-6-8-14(21-3)9-7-13)19-12-16(20)15-5-4-10-18-15/h6-9,15-16,18-20H,4-5,10-12H2,1-3H3. The fourth-order valence-electron chi connectivity index (χ4n) is 2.88. The molecule has 2 atom stereocenters. The van der Waals surface area contributed by atoms with Crippen molar-refractivity contribution < 1.29 is 9.84 Å². The van der Waals surface area contributed by atoms with Crippen molar-refractivity contribution in [3.63, 3.8) is 0 Å². The lowest BCUT2D eigenvalue weighted by molar-refractivity contribution is 0.123. The van der Waals surface area contributed by atoms with Crippen LogP contribution in [-0.2, 0) is 6.42 Å². The van der Waals surface area contributed by atoms with Gasteiger partial charge in [-0.25, -0.2) is 0 Å². The van der Waals surface area contributed by atoms with E-state index in [-0.39, 0.29) is 17.7 Å². The highest BCUT2D eigenvalue weighted by molar-refractivity contribution is 5.28. The van der Waals surface area contributed by atoms with Gasteiger partial charge in [0.1, 0.15) is 5.75 Å². The van der Waals surface area contributed by atoms with Crippen molar-refractivity contribution in [2.24, 2.45) is 0 Å². The van der Waals surface area contributed by atoms with E-state index in [1.807, 2.05) is 12.1 Å². The average molecular weight is 292 g/mol. The zero-order chi connectivity index (χ0) is 15.3. The van der Waals surface area contributed by atoms with Crippen LogP contribution in [0.5, 0.6) is 5.75 Å². The van der Waals surface area contributed by atoms with Gasteiger partial charge >= 0.3 is 0 Å². The third-order valence-corrected chi connectivity index (χ3v) is 4.16. The third-order valence-electron chi connectivity index (χ3n) is 4.16. The van der Waals surface area contributed by atoms with Crippen molar-refractivity contribution in [3.8, 4) is 5.75 Å². The Kier molecular flexibility index (Phi) is 5.62. The Hall–Kier alpha value is -1.10. The summed E-state index contributed by atoms with van der Waals surface area (Å²) >= 11 is 0. The molecule has 0 spiro atoms. The van der Waals surface area contributed by atoms with E-state index in [2.05, 4.69) is 36.6 Å². The second-order valence-electron chi connectivity index (χ2n) is 6.56. The normalized spacial score (nSPS) is 20.5. The van der Waals surface area contributed by atoms with Crippen LogP contribution in [0.3, 0.4) is 0 Å². The summed E-state index contributed by atoms with van der Waals surface area (Å²) < 4.78 is 5.18. The van der Waals surface area contributed by atoms with Crippen molar-refractivity contribution >= 4 is 0 Å². The zero-order valence-electron chi connectivity index (χ0n) is 13.4. The van der Waals surface area contributed by atoms with Gasteiger partial charge in [0.05, 0.1) is 13.2 Å². The molecule has 0 aromatic heterocycles. The van der Waals surface area contributed by atoms with E-state index in [1.165, 1.54) is 5.56 Å². The molecule has 0 radical (unpaired) electrons. The molecule has 4 nitrogen and oxygen atoms in total. The molecule has 4 heteroatoms. The zero-order valence-corrected chi connectivity index (χ0v) is 13.4. The summed E-state index contributed by atoms with van der Waals surface area (Å²) in [6.45, 7) is 6.00. The van der Waals surface area contributed by atoms with Gasteiger partial charge in [-0.3, -0.25) is 0 Å². The van der Waals surface area contributed by atoms with Gasteiger partial charge in [-0.1, -0.05) is 12.1 Å². The Morgan fingerprint density at radius 1 is 1.38 bits per heavy atom. The Bertz CT molecular complexity index is 425. The first-order chi connectivity index (χ1) is 10.00. The topological polar surface area (TPSA) is 53.5 Å². The number of benzene rings is 1. The SMILES string of the molecule is COc1ccc(CC(C)(C)NCC(O)C2CCCN2)cc1. The number of aliphatic hydroxyl groups excluding tert-OH is 1. The molecule has 2 rings (SSSR count). The lowest BCUT2D eigenvalue weighted by atomic mass is 9.94. The summed E-state index contributed by atoms with van der Waals surface area (Å²) in [7, 11) is 1.68. The predicted molar refractivity (Wildman–Crippen MR) is 85.8 cm³/mol. The van der Waals surface area contributed by atoms with Crippen molar-refractivity contribution in [3.05, 3.63) is 29.8 Å². The smallest absolute Gasteiger partial charge is 0.118 e. The lowest BCUT2D eigenvalue weighted by Crippen LogP contribution is -2.49. The minimum absolute atomic E-state index is 0.0474. The molecular formula is C17H28N2O2.